The molecule has 3 rings (SSSR count). The van der Waals surface area contributed by atoms with Gasteiger partial charge >= 0.3 is 5.97 Å². The molecule has 0 bridgehead atoms. The molecular formula is C18H19ClN2O3S. The molecule has 5 nitrogen and oxygen atoms in total. The number of ether oxygens (including phenoxy) is 1. The van der Waals surface area contributed by atoms with Crippen LogP contribution in [0.4, 0.5) is 0 Å². The summed E-state index contributed by atoms with van der Waals surface area (Å²) in [5, 5.41) is 8.91. The summed E-state index contributed by atoms with van der Waals surface area (Å²) in [6.45, 7) is 2.65. The highest BCUT2D eigenvalue weighted by atomic mass is 35.5. The molecule has 1 aromatic heterocycles. The van der Waals surface area contributed by atoms with E-state index in [4.69, 9.17) is 20.8 Å². The van der Waals surface area contributed by atoms with Crippen LogP contribution in [0.5, 0.6) is 0 Å². The van der Waals surface area contributed by atoms with Crippen LogP contribution in [0.25, 0.3) is 11.5 Å². The minimum absolute atomic E-state index is 0.152. The predicted octanol–water partition coefficient (Wildman–Crippen LogP) is 4.63. The van der Waals surface area contributed by atoms with Crippen LogP contribution >= 0.6 is 23.4 Å². The number of halogens is 1. The fraction of sp³-hybridized carbons (Fsp3) is 0.389. The summed E-state index contributed by atoms with van der Waals surface area (Å²) >= 11 is 7.04. The number of hydrogen-bond acceptors (Lipinski definition) is 6. The van der Waals surface area contributed by atoms with Crippen LogP contribution in [0.2, 0.25) is 5.02 Å². The zero-order valence-electron chi connectivity index (χ0n) is 13.9. The van der Waals surface area contributed by atoms with E-state index in [1.807, 2.05) is 0 Å². The number of thioether (sulfide) groups is 1. The summed E-state index contributed by atoms with van der Waals surface area (Å²) < 4.78 is 10.9. The highest BCUT2D eigenvalue weighted by Gasteiger charge is 2.20. The van der Waals surface area contributed by atoms with Gasteiger partial charge in [0.25, 0.3) is 5.22 Å². The minimum atomic E-state index is -0.266. The van der Waals surface area contributed by atoms with Crippen molar-refractivity contribution in [3.63, 3.8) is 0 Å². The van der Waals surface area contributed by atoms with Crippen molar-refractivity contribution in [2.45, 2.75) is 25.0 Å². The first-order valence-electron chi connectivity index (χ1n) is 8.14. The fourth-order valence-corrected chi connectivity index (χ4v) is 3.27. The molecule has 0 radical (unpaired) electrons. The molecule has 0 saturated heterocycles. The van der Waals surface area contributed by atoms with E-state index < -0.39 is 0 Å². The molecule has 1 aliphatic carbocycles. The Hall–Kier alpha value is -1.79. The normalized spacial score (nSPS) is 19.8. The third kappa shape index (κ3) is 5.09. The number of carbonyl (C=O) groups excluding carboxylic acids is 1. The number of nitrogens with zero attached hydrogens (tertiary/aromatic N) is 2. The van der Waals surface area contributed by atoms with Gasteiger partial charge in [-0.25, -0.2) is 0 Å². The lowest BCUT2D eigenvalue weighted by molar-refractivity contribution is -0.142. The Morgan fingerprint density at radius 2 is 2.04 bits per heavy atom. The van der Waals surface area contributed by atoms with Crippen molar-refractivity contribution >= 4 is 29.3 Å². The van der Waals surface area contributed by atoms with Crippen LogP contribution in [-0.2, 0) is 9.53 Å². The van der Waals surface area contributed by atoms with Gasteiger partial charge in [0.1, 0.15) is 5.75 Å². The van der Waals surface area contributed by atoms with Gasteiger partial charge in [-0.3, -0.25) is 4.79 Å². The van der Waals surface area contributed by atoms with Crippen molar-refractivity contribution < 1.29 is 13.9 Å². The number of rotatable bonds is 6. The molecule has 0 fully saturated rings. The molecule has 1 heterocycles. The van der Waals surface area contributed by atoms with Gasteiger partial charge < -0.3 is 9.15 Å². The van der Waals surface area contributed by atoms with Crippen molar-refractivity contribution in [1.29, 1.82) is 0 Å². The number of hydrogen-bond donors (Lipinski definition) is 0. The van der Waals surface area contributed by atoms with Crippen molar-refractivity contribution in [2.24, 2.45) is 11.8 Å². The van der Waals surface area contributed by atoms with Gasteiger partial charge in [-0.1, -0.05) is 42.4 Å². The standard InChI is InChI=1S/C18H19ClN2O3S/c1-12-4-2-3-5-14(12)10-23-16(22)11-25-18-21-20-17(24-18)13-6-8-15(19)9-7-13/h2-3,6-9,12,14H,4-5,10-11H2,1H3. The molecule has 25 heavy (non-hydrogen) atoms. The number of benzene rings is 1. The maximum atomic E-state index is 11.9. The lowest BCUT2D eigenvalue weighted by Gasteiger charge is -2.24. The average molecular weight is 379 g/mol. The number of aromatic nitrogens is 2. The summed E-state index contributed by atoms with van der Waals surface area (Å²) in [5.74, 6) is 1.23. The van der Waals surface area contributed by atoms with Crippen molar-refractivity contribution in [3.05, 3.63) is 41.4 Å². The molecule has 2 atom stereocenters. The predicted molar refractivity (Wildman–Crippen MR) is 97.5 cm³/mol. The third-order valence-corrected chi connectivity index (χ3v) is 5.23. The third-order valence-electron chi connectivity index (χ3n) is 4.19. The first kappa shape index (κ1) is 18.0. The summed E-state index contributed by atoms with van der Waals surface area (Å²) in [4.78, 5) is 11.9. The van der Waals surface area contributed by atoms with Gasteiger partial charge in [0.15, 0.2) is 0 Å². The Balaban J connectivity index is 1.46. The Morgan fingerprint density at radius 1 is 1.28 bits per heavy atom. The Labute approximate surface area is 155 Å². The second-order valence-corrected chi connectivity index (χ2v) is 7.39. The molecule has 2 aromatic rings. The van der Waals surface area contributed by atoms with Crippen molar-refractivity contribution in [2.75, 3.05) is 12.4 Å². The van der Waals surface area contributed by atoms with E-state index in [0.29, 0.717) is 34.6 Å². The molecule has 1 aromatic carbocycles. The van der Waals surface area contributed by atoms with Crippen LogP contribution < -0.4 is 0 Å². The van der Waals surface area contributed by atoms with E-state index >= 15 is 0 Å². The molecule has 0 aliphatic heterocycles. The lowest BCUT2D eigenvalue weighted by Crippen LogP contribution is -2.22. The molecule has 0 amide bonds. The smallest absolute Gasteiger partial charge is 0.316 e. The molecular weight excluding hydrogens is 360 g/mol. The second-order valence-electron chi connectivity index (χ2n) is 6.03. The Morgan fingerprint density at radius 3 is 2.80 bits per heavy atom. The van der Waals surface area contributed by atoms with E-state index in [9.17, 15) is 4.79 Å². The maximum absolute atomic E-state index is 11.9. The van der Waals surface area contributed by atoms with E-state index in [1.54, 1.807) is 24.3 Å². The molecule has 0 N–H and O–H groups in total. The SMILES string of the molecule is CC1CC=CCC1COC(=O)CSc1nnc(-c2ccc(Cl)cc2)o1. The molecule has 2 unspecified atom stereocenters. The summed E-state index contributed by atoms with van der Waals surface area (Å²) in [6, 6.07) is 7.12. The van der Waals surface area contributed by atoms with E-state index in [1.165, 1.54) is 11.8 Å². The van der Waals surface area contributed by atoms with Crippen LogP contribution in [0.1, 0.15) is 19.8 Å². The fourth-order valence-electron chi connectivity index (χ4n) is 2.58. The molecule has 7 heteroatoms. The van der Waals surface area contributed by atoms with E-state index in [0.717, 1.165) is 18.4 Å². The number of allylic oxidation sites excluding steroid dienone is 2. The van der Waals surface area contributed by atoms with Gasteiger partial charge in [0.2, 0.25) is 5.89 Å². The summed E-state index contributed by atoms with van der Waals surface area (Å²) in [7, 11) is 0. The second kappa shape index (κ2) is 8.54. The van der Waals surface area contributed by atoms with Crippen molar-refractivity contribution in [3.8, 4) is 11.5 Å². The van der Waals surface area contributed by atoms with E-state index in [-0.39, 0.29) is 11.7 Å². The summed E-state index contributed by atoms with van der Waals surface area (Å²) in [5.41, 5.74) is 0.783. The highest BCUT2D eigenvalue weighted by Crippen LogP contribution is 2.26. The van der Waals surface area contributed by atoms with Gasteiger partial charge in [-0.15, -0.1) is 10.2 Å². The Kier molecular flexibility index (Phi) is 6.15. The average Bonchev–Trinajstić information content (AvgIpc) is 3.09. The van der Waals surface area contributed by atoms with Gasteiger partial charge in [-0.05, 0) is 48.9 Å². The Bertz CT molecular complexity index is 745. The lowest BCUT2D eigenvalue weighted by atomic mass is 9.85. The molecule has 1 aliphatic rings. The first-order chi connectivity index (χ1) is 12.1. The number of esters is 1. The zero-order valence-corrected chi connectivity index (χ0v) is 15.4. The van der Waals surface area contributed by atoms with Crippen LogP contribution in [0.15, 0.2) is 46.1 Å². The van der Waals surface area contributed by atoms with Gasteiger partial charge in [-0.2, -0.15) is 0 Å². The van der Waals surface area contributed by atoms with Crippen LogP contribution in [-0.4, -0.2) is 28.5 Å². The zero-order chi connectivity index (χ0) is 17.6. The van der Waals surface area contributed by atoms with Crippen molar-refractivity contribution in [1.82, 2.24) is 10.2 Å². The van der Waals surface area contributed by atoms with Crippen LogP contribution in [0.3, 0.4) is 0 Å². The summed E-state index contributed by atoms with van der Waals surface area (Å²) in [6.07, 6.45) is 6.36. The molecule has 0 spiro atoms. The first-order valence-corrected chi connectivity index (χ1v) is 9.51. The monoisotopic (exact) mass is 378 g/mol. The highest BCUT2D eigenvalue weighted by molar-refractivity contribution is 7.99. The van der Waals surface area contributed by atoms with Gasteiger partial charge in [0.05, 0.1) is 6.61 Å². The molecule has 132 valence electrons. The van der Waals surface area contributed by atoms with Gasteiger partial charge in [0, 0.05) is 10.6 Å². The van der Waals surface area contributed by atoms with Crippen LogP contribution in [0, 0.1) is 11.8 Å². The maximum Gasteiger partial charge on any atom is 0.316 e. The topological polar surface area (TPSA) is 65.2 Å². The number of carbonyl (C=O) groups is 1. The minimum Gasteiger partial charge on any atom is -0.465 e. The quantitative estimate of drug-likeness (QED) is 0.415. The molecule has 0 saturated carbocycles. The largest absolute Gasteiger partial charge is 0.465 e. The van der Waals surface area contributed by atoms with E-state index in [2.05, 4.69) is 29.3 Å².